The van der Waals surface area contributed by atoms with E-state index in [0.717, 1.165) is 23.2 Å². The van der Waals surface area contributed by atoms with Gasteiger partial charge >= 0.3 is 0 Å². The molecule has 206 valence electrons. The standard InChI is InChI=1S/C28H30N8O3S/c1-28(2,3)12-18(13-29)26(39)35-10-4-5-19(35)14-36-21-7-6-17(15-37)11-20(21)32-27(36)33-25(38)23-9-8-22(40-23)24-30-16-31-34-24/h6-9,11-12,16,19,37H,4-5,10,14-15H2,1-3H3,(H,30,31,34)(H,32,33,38)/b18-12+/t19-/m1/s1. The number of imidazole rings is 1. The van der Waals surface area contributed by atoms with Gasteiger partial charge in [0.1, 0.15) is 18.0 Å². The third-order valence-corrected chi connectivity index (χ3v) is 7.75. The molecule has 0 radical (unpaired) electrons. The number of likely N-dealkylation sites (tertiary alicyclic amines) is 1. The van der Waals surface area contributed by atoms with Gasteiger partial charge in [0.05, 0.1) is 33.4 Å². The van der Waals surface area contributed by atoms with Crippen molar-refractivity contribution in [1.29, 1.82) is 5.26 Å². The Balaban J connectivity index is 1.45. The number of carbonyl (C=O) groups is 2. The molecule has 1 aliphatic rings. The maximum atomic E-state index is 13.4. The second-order valence-electron chi connectivity index (χ2n) is 10.8. The summed E-state index contributed by atoms with van der Waals surface area (Å²) in [5.74, 6) is 0.316. The van der Waals surface area contributed by atoms with Crippen LogP contribution in [0.4, 0.5) is 5.95 Å². The molecule has 0 unspecified atom stereocenters. The van der Waals surface area contributed by atoms with E-state index in [2.05, 4.69) is 31.6 Å². The Morgan fingerprint density at radius 1 is 1.30 bits per heavy atom. The first kappa shape index (κ1) is 27.2. The summed E-state index contributed by atoms with van der Waals surface area (Å²) in [5.41, 5.74) is 1.92. The molecule has 1 aromatic carbocycles. The van der Waals surface area contributed by atoms with E-state index in [1.807, 2.05) is 37.5 Å². The van der Waals surface area contributed by atoms with Crippen molar-refractivity contribution in [2.24, 2.45) is 5.41 Å². The molecule has 1 atom stereocenters. The van der Waals surface area contributed by atoms with Crippen molar-refractivity contribution in [2.75, 3.05) is 11.9 Å². The van der Waals surface area contributed by atoms with Crippen LogP contribution < -0.4 is 5.32 Å². The van der Waals surface area contributed by atoms with Gasteiger partial charge in [-0.05, 0) is 48.1 Å². The van der Waals surface area contributed by atoms with E-state index in [1.54, 1.807) is 29.2 Å². The maximum Gasteiger partial charge on any atom is 0.268 e. The summed E-state index contributed by atoms with van der Waals surface area (Å²) in [5, 5.41) is 28.9. The van der Waals surface area contributed by atoms with E-state index >= 15 is 0 Å². The number of aromatic nitrogens is 5. The number of rotatable bonds is 7. The Hall–Kier alpha value is -4.34. The number of thiophene rings is 1. The molecule has 0 bridgehead atoms. The Morgan fingerprint density at radius 2 is 2.12 bits per heavy atom. The largest absolute Gasteiger partial charge is 0.392 e. The maximum absolute atomic E-state index is 13.4. The lowest BCUT2D eigenvalue weighted by Crippen LogP contribution is -2.39. The number of H-pyrrole nitrogens is 1. The van der Waals surface area contributed by atoms with Crippen LogP contribution in [0.15, 0.2) is 48.3 Å². The second kappa shape index (κ2) is 11.0. The van der Waals surface area contributed by atoms with E-state index in [4.69, 9.17) is 0 Å². The van der Waals surface area contributed by atoms with Crippen molar-refractivity contribution in [3.8, 4) is 16.8 Å². The molecule has 1 aliphatic heterocycles. The number of amides is 2. The van der Waals surface area contributed by atoms with Gasteiger partial charge < -0.3 is 14.6 Å². The molecular formula is C28H30N8O3S. The van der Waals surface area contributed by atoms with Crippen molar-refractivity contribution in [3.63, 3.8) is 0 Å². The van der Waals surface area contributed by atoms with Crippen molar-refractivity contribution < 1.29 is 14.7 Å². The van der Waals surface area contributed by atoms with Gasteiger partial charge in [-0.2, -0.15) is 10.4 Å². The Morgan fingerprint density at radius 3 is 2.83 bits per heavy atom. The molecule has 0 spiro atoms. The molecule has 1 fully saturated rings. The SMILES string of the molecule is CC(C)(C)/C=C(\C#N)C(=O)N1CCC[C@@H]1Cn1c(NC(=O)c2ccc(-c3ncn[nH]3)s2)nc2cc(CO)ccc21. The molecule has 3 N–H and O–H groups in total. The average molecular weight is 559 g/mol. The van der Waals surface area contributed by atoms with Gasteiger partial charge in [-0.3, -0.25) is 20.0 Å². The summed E-state index contributed by atoms with van der Waals surface area (Å²) in [6, 6.07) is 10.9. The molecular weight excluding hydrogens is 528 g/mol. The van der Waals surface area contributed by atoms with Crippen LogP contribution in [0.2, 0.25) is 0 Å². The average Bonchev–Trinajstić information content (AvgIpc) is 3.73. The molecule has 4 heterocycles. The Kier molecular flexibility index (Phi) is 7.51. The summed E-state index contributed by atoms with van der Waals surface area (Å²) >= 11 is 1.28. The van der Waals surface area contributed by atoms with E-state index in [0.29, 0.717) is 40.8 Å². The molecule has 3 aromatic heterocycles. The summed E-state index contributed by atoms with van der Waals surface area (Å²) in [6.07, 6.45) is 4.70. The monoisotopic (exact) mass is 558 g/mol. The zero-order valence-electron chi connectivity index (χ0n) is 22.5. The van der Waals surface area contributed by atoms with Crippen molar-refractivity contribution in [1.82, 2.24) is 29.6 Å². The zero-order chi connectivity index (χ0) is 28.4. The molecule has 12 heteroatoms. The number of nitrogens with zero attached hydrogens (tertiary/aromatic N) is 6. The number of carbonyl (C=O) groups excluding carboxylic acids is 2. The molecule has 0 aliphatic carbocycles. The first-order valence-electron chi connectivity index (χ1n) is 13.0. The van der Waals surface area contributed by atoms with Crippen molar-refractivity contribution >= 4 is 40.1 Å². The van der Waals surface area contributed by atoms with Gasteiger partial charge in [0, 0.05) is 13.1 Å². The Bertz CT molecular complexity index is 1620. The number of aliphatic hydroxyl groups excluding tert-OH is 1. The van der Waals surface area contributed by atoms with Crippen LogP contribution in [0.1, 0.15) is 48.8 Å². The van der Waals surface area contributed by atoms with Crippen LogP contribution in [0.5, 0.6) is 0 Å². The summed E-state index contributed by atoms with van der Waals surface area (Å²) in [4.78, 5) is 38.5. The fourth-order valence-electron chi connectivity index (χ4n) is 4.86. The van der Waals surface area contributed by atoms with Gasteiger partial charge in [-0.15, -0.1) is 11.3 Å². The van der Waals surface area contributed by atoms with Crippen LogP contribution in [0, 0.1) is 16.7 Å². The minimum Gasteiger partial charge on any atom is -0.392 e. The highest BCUT2D eigenvalue weighted by atomic mass is 32.1. The summed E-state index contributed by atoms with van der Waals surface area (Å²) in [6.45, 7) is 6.66. The molecule has 4 aromatic rings. The smallest absolute Gasteiger partial charge is 0.268 e. The molecule has 5 rings (SSSR count). The topological polar surface area (TPSA) is 153 Å². The number of hydrogen-bond acceptors (Lipinski definition) is 8. The van der Waals surface area contributed by atoms with Crippen LogP contribution in [0.25, 0.3) is 21.7 Å². The third-order valence-electron chi connectivity index (χ3n) is 6.66. The number of benzene rings is 1. The number of fused-ring (bicyclic) bond motifs is 1. The molecule has 2 amide bonds. The first-order valence-corrected chi connectivity index (χ1v) is 13.8. The van der Waals surface area contributed by atoms with Gasteiger partial charge in [0.15, 0.2) is 5.82 Å². The van der Waals surface area contributed by atoms with E-state index < -0.39 is 0 Å². The number of nitriles is 1. The fraction of sp³-hybridized carbons (Fsp3) is 0.357. The lowest BCUT2D eigenvalue weighted by atomic mass is 9.93. The van der Waals surface area contributed by atoms with Gasteiger partial charge in [-0.1, -0.05) is 32.9 Å². The van der Waals surface area contributed by atoms with E-state index in [1.165, 1.54) is 17.7 Å². The number of allylic oxidation sites excluding steroid dienone is 1. The molecule has 0 saturated carbocycles. The minimum absolute atomic E-state index is 0.133. The number of nitrogens with one attached hydrogen (secondary N) is 2. The van der Waals surface area contributed by atoms with E-state index in [-0.39, 0.29) is 35.5 Å². The third kappa shape index (κ3) is 5.66. The van der Waals surface area contributed by atoms with Crippen molar-refractivity contribution in [2.45, 2.75) is 52.8 Å². The second-order valence-corrected chi connectivity index (χ2v) is 11.9. The number of hydrogen-bond donors (Lipinski definition) is 3. The Labute approximate surface area is 235 Å². The number of aromatic amines is 1. The van der Waals surface area contributed by atoms with Gasteiger partial charge in [0.2, 0.25) is 5.95 Å². The van der Waals surface area contributed by atoms with Crippen LogP contribution in [0.3, 0.4) is 0 Å². The normalized spacial score (nSPS) is 15.9. The molecule has 11 nitrogen and oxygen atoms in total. The number of anilines is 1. The quantitative estimate of drug-likeness (QED) is 0.228. The summed E-state index contributed by atoms with van der Waals surface area (Å²) in [7, 11) is 0. The molecule has 40 heavy (non-hydrogen) atoms. The lowest BCUT2D eigenvalue weighted by molar-refractivity contribution is -0.127. The fourth-order valence-corrected chi connectivity index (χ4v) is 5.71. The lowest BCUT2D eigenvalue weighted by Gasteiger charge is -2.26. The van der Waals surface area contributed by atoms with Crippen molar-refractivity contribution in [3.05, 3.63) is 58.7 Å². The van der Waals surface area contributed by atoms with Gasteiger partial charge in [-0.25, -0.2) is 9.97 Å². The minimum atomic E-state index is -0.325. The highest BCUT2D eigenvalue weighted by Gasteiger charge is 2.32. The zero-order valence-corrected chi connectivity index (χ0v) is 23.3. The van der Waals surface area contributed by atoms with Gasteiger partial charge in [0.25, 0.3) is 11.8 Å². The molecule has 1 saturated heterocycles. The highest BCUT2D eigenvalue weighted by molar-refractivity contribution is 7.17. The highest BCUT2D eigenvalue weighted by Crippen LogP contribution is 2.29. The first-order chi connectivity index (χ1) is 19.2. The van der Waals surface area contributed by atoms with Crippen LogP contribution in [-0.2, 0) is 17.9 Å². The predicted octanol–water partition coefficient (Wildman–Crippen LogP) is 4.11. The van der Waals surface area contributed by atoms with E-state index in [9.17, 15) is 20.0 Å². The van der Waals surface area contributed by atoms with Crippen LogP contribution in [-0.4, -0.2) is 59.1 Å². The van der Waals surface area contributed by atoms with Crippen LogP contribution >= 0.6 is 11.3 Å². The summed E-state index contributed by atoms with van der Waals surface area (Å²) < 4.78 is 1.90. The predicted molar refractivity (Wildman–Crippen MR) is 151 cm³/mol. The number of aliphatic hydroxyl groups is 1.